The molecule has 0 aromatic heterocycles. The fourth-order valence-electron chi connectivity index (χ4n) is 3.06. The summed E-state index contributed by atoms with van der Waals surface area (Å²) in [6, 6.07) is 6.52. The Labute approximate surface area is 176 Å². The molecule has 156 valence electrons. The van der Waals surface area contributed by atoms with E-state index < -0.39 is 11.9 Å². The largest absolute Gasteiger partial charge is 0.478 e. The molecule has 3 N–H and O–H groups in total. The molecule has 8 heteroatoms. The first-order valence-electron chi connectivity index (χ1n) is 9.21. The number of halogens is 2. The van der Waals surface area contributed by atoms with E-state index in [2.05, 4.69) is 24.1 Å². The number of hydrogen-bond acceptors (Lipinski definition) is 4. The third kappa shape index (κ3) is 10.7. The Morgan fingerprint density at radius 2 is 1.61 bits per heavy atom. The van der Waals surface area contributed by atoms with Gasteiger partial charge in [0.2, 0.25) is 0 Å². The van der Waals surface area contributed by atoms with Crippen molar-refractivity contribution in [2.75, 3.05) is 19.6 Å². The summed E-state index contributed by atoms with van der Waals surface area (Å²) >= 11 is 12.2. The van der Waals surface area contributed by atoms with E-state index in [-0.39, 0.29) is 0 Å². The van der Waals surface area contributed by atoms with Crippen molar-refractivity contribution in [3.8, 4) is 0 Å². The van der Waals surface area contributed by atoms with Gasteiger partial charge in [0, 0.05) is 41.3 Å². The zero-order valence-electron chi connectivity index (χ0n) is 16.2. The summed E-state index contributed by atoms with van der Waals surface area (Å²) in [7, 11) is 0. The maximum atomic E-state index is 9.55. The molecule has 0 saturated carbocycles. The molecule has 1 aromatic carbocycles. The van der Waals surface area contributed by atoms with E-state index in [0.29, 0.717) is 24.1 Å². The van der Waals surface area contributed by atoms with Crippen molar-refractivity contribution >= 4 is 35.1 Å². The van der Waals surface area contributed by atoms with Gasteiger partial charge in [-0.25, -0.2) is 9.59 Å². The number of hydrogen-bond donors (Lipinski definition) is 3. The minimum atomic E-state index is -1.26. The standard InChI is InChI=1S/C16H24Cl2N2.C4H4O4/c1-12(2)10-20(16-3-5-19-6-4-16)11-13-7-14(17)9-15(18)8-13;5-3(6)1-2-4(7)8/h7-9,12,16,19H,3-6,10-11H2,1-2H3;1-2H,(H,5,6)(H,7,8). The third-order valence-corrected chi connectivity index (χ3v) is 4.54. The summed E-state index contributed by atoms with van der Waals surface area (Å²) in [6.45, 7) is 8.85. The lowest BCUT2D eigenvalue weighted by molar-refractivity contribution is -0.134. The predicted molar refractivity (Wildman–Crippen MR) is 112 cm³/mol. The normalized spacial score (nSPS) is 14.9. The number of nitrogens with zero attached hydrogens (tertiary/aromatic N) is 1. The molecular formula is C20H28Cl2N2O4. The molecule has 2 rings (SSSR count). The number of nitrogens with one attached hydrogen (secondary N) is 1. The number of carboxylic acid groups (broad SMARTS) is 2. The van der Waals surface area contributed by atoms with Crippen molar-refractivity contribution in [1.82, 2.24) is 10.2 Å². The number of aliphatic carboxylic acids is 2. The van der Waals surface area contributed by atoms with E-state index in [4.69, 9.17) is 33.4 Å². The van der Waals surface area contributed by atoms with Crippen LogP contribution in [-0.2, 0) is 16.1 Å². The van der Waals surface area contributed by atoms with E-state index in [1.165, 1.54) is 18.4 Å². The SMILES string of the molecule is CC(C)CN(Cc1cc(Cl)cc(Cl)c1)C1CCNCC1.O=C(O)C=CC(=O)O. The Hall–Kier alpha value is -1.60. The molecule has 0 radical (unpaired) electrons. The number of carbonyl (C=O) groups is 2. The fraction of sp³-hybridized carbons (Fsp3) is 0.500. The molecule has 1 aliphatic heterocycles. The van der Waals surface area contributed by atoms with Crippen LogP contribution in [0, 0.1) is 5.92 Å². The molecule has 0 bridgehead atoms. The maximum Gasteiger partial charge on any atom is 0.328 e. The van der Waals surface area contributed by atoms with Gasteiger partial charge in [-0.2, -0.15) is 0 Å². The van der Waals surface area contributed by atoms with Crippen molar-refractivity contribution in [2.24, 2.45) is 5.92 Å². The van der Waals surface area contributed by atoms with E-state index in [1.54, 1.807) is 6.07 Å². The number of carboxylic acids is 2. The van der Waals surface area contributed by atoms with Crippen molar-refractivity contribution < 1.29 is 19.8 Å². The van der Waals surface area contributed by atoms with Gasteiger partial charge in [0.1, 0.15) is 0 Å². The summed E-state index contributed by atoms with van der Waals surface area (Å²) < 4.78 is 0. The second kappa shape index (κ2) is 12.8. The quantitative estimate of drug-likeness (QED) is 0.567. The first-order valence-corrected chi connectivity index (χ1v) is 9.96. The third-order valence-electron chi connectivity index (χ3n) is 4.10. The lowest BCUT2D eigenvalue weighted by atomic mass is 10.0. The van der Waals surface area contributed by atoms with Crippen LogP contribution in [0.4, 0.5) is 0 Å². The van der Waals surface area contributed by atoms with Gasteiger partial charge in [-0.05, 0) is 55.6 Å². The zero-order chi connectivity index (χ0) is 21.1. The van der Waals surface area contributed by atoms with Gasteiger partial charge in [-0.3, -0.25) is 4.90 Å². The zero-order valence-corrected chi connectivity index (χ0v) is 17.7. The molecular weight excluding hydrogens is 403 g/mol. The van der Waals surface area contributed by atoms with E-state index in [9.17, 15) is 9.59 Å². The molecule has 0 spiro atoms. The van der Waals surface area contributed by atoms with Gasteiger partial charge in [0.05, 0.1) is 0 Å². The second-order valence-electron chi connectivity index (χ2n) is 7.09. The van der Waals surface area contributed by atoms with Gasteiger partial charge in [-0.1, -0.05) is 37.0 Å². The van der Waals surface area contributed by atoms with Crippen LogP contribution in [0.25, 0.3) is 0 Å². The van der Waals surface area contributed by atoms with Gasteiger partial charge in [-0.15, -0.1) is 0 Å². The molecule has 1 aliphatic rings. The van der Waals surface area contributed by atoms with Gasteiger partial charge < -0.3 is 15.5 Å². The van der Waals surface area contributed by atoms with Gasteiger partial charge in [0.15, 0.2) is 0 Å². The monoisotopic (exact) mass is 430 g/mol. The van der Waals surface area contributed by atoms with Gasteiger partial charge in [0.25, 0.3) is 0 Å². The lowest BCUT2D eigenvalue weighted by Crippen LogP contribution is -2.44. The molecule has 0 aliphatic carbocycles. The Bertz CT molecular complexity index is 638. The van der Waals surface area contributed by atoms with Crippen molar-refractivity contribution in [3.63, 3.8) is 0 Å². The second-order valence-corrected chi connectivity index (χ2v) is 7.96. The summed E-state index contributed by atoms with van der Waals surface area (Å²) in [5, 5.41) is 20.5. The highest BCUT2D eigenvalue weighted by Crippen LogP contribution is 2.23. The van der Waals surface area contributed by atoms with Gasteiger partial charge >= 0.3 is 11.9 Å². The average molecular weight is 431 g/mol. The summed E-state index contributed by atoms with van der Waals surface area (Å²) in [5.74, 6) is -1.85. The van der Waals surface area contributed by atoms with Crippen LogP contribution in [0.5, 0.6) is 0 Å². The van der Waals surface area contributed by atoms with Crippen LogP contribution in [0.15, 0.2) is 30.4 Å². The summed E-state index contributed by atoms with van der Waals surface area (Å²) in [5.41, 5.74) is 1.21. The van der Waals surface area contributed by atoms with Crippen LogP contribution in [-0.4, -0.2) is 52.7 Å². The summed E-state index contributed by atoms with van der Waals surface area (Å²) in [6.07, 6.45) is 3.56. The van der Waals surface area contributed by atoms with Crippen LogP contribution >= 0.6 is 23.2 Å². The number of piperidine rings is 1. The van der Waals surface area contributed by atoms with E-state index in [1.807, 2.05) is 12.1 Å². The lowest BCUT2D eigenvalue weighted by Gasteiger charge is -2.36. The molecule has 1 aromatic rings. The fourth-order valence-corrected chi connectivity index (χ4v) is 3.63. The highest BCUT2D eigenvalue weighted by molar-refractivity contribution is 6.34. The average Bonchev–Trinajstić information content (AvgIpc) is 2.59. The van der Waals surface area contributed by atoms with Crippen molar-refractivity contribution in [1.29, 1.82) is 0 Å². The minimum absolute atomic E-state index is 0.558. The summed E-state index contributed by atoms with van der Waals surface area (Å²) in [4.78, 5) is 21.7. The molecule has 28 heavy (non-hydrogen) atoms. The van der Waals surface area contributed by atoms with Crippen LogP contribution in [0.2, 0.25) is 10.0 Å². The highest BCUT2D eigenvalue weighted by atomic mass is 35.5. The Kier molecular flexibility index (Phi) is 11.2. The Balaban J connectivity index is 0.000000416. The highest BCUT2D eigenvalue weighted by Gasteiger charge is 2.21. The molecule has 0 atom stereocenters. The molecule has 1 saturated heterocycles. The molecule has 1 fully saturated rings. The molecule has 1 heterocycles. The smallest absolute Gasteiger partial charge is 0.328 e. The van der Waals surface area contributed by atoms with Crippen molar-refractivity contribution in [3.05, 3.63) is 46.0 Å². The topological polar surface area (TPSA) is 89.9 Å². The van der Waals surface area contributed by atoms with Crippen LogP contribution in [0.3, 0.4) is 0 Å². The number of benzene rings is 1. The first kappa shape index (κ1) is 24.4. The first-order chi connectivity index (χ1) is 13.2. The number of rotatable bonds is 7. The predicted octanol–water partition coefficient (Wildman–Crippen LogP) is 3.92. The van der Waals surface area contributed by atoms with E-state index in [0.717, 1.165) is 36.2 Å². The molecule has 0 unspecified atom stereocenters. The van der Waals surface area contributed by atoms with Crippen molar-refractivity contribution in [2.45, 2.75) is 39.3 Å². The molecule has 0 amide bonds. The maximum absolute atomic E-state index is 9.55. The Morgan fingerprint density at radius 3 is 2.04 bits per heavy atom. The Morgan fingerprint density at radius 1 is 1.11 bits per heavy atom. The molecule has 6 nitrogen and oxygen atoms in total. The van der Waals surface area contributed by atoms with Crippen LogP contribution < -0.4 is 5.32 Å². The minimum Gasteiger partial charge on any atom is -0.478 e. The van der Waals surface area contributed by atoms with Crippen LogP contribution in [0.1, 0.15) is 32.3 Å². The van der Waals surface area contributed by atoms with E-state index >= 15 is 0 Å².